The molecule has 0 aromatic heterocycles. The monoisotopic (exact) mass is 1880 g/mol. The van der Waals surface area contributed by atoms with Crippen LogP contribution in [0.4, 0.5) is 40.7 Å². The highest BCUT2D eigenvalue weighted by atomic mass is 79.9. The maximum absolute atomic E-state index is 12.3. The summed E-state index contributed by atoms with van der Waals surface area (Å²) in [6.07, 6.45) is 12.7. The summed E-state index contributed by atoms with van der Waals surface area (Å²) >= 11 is 3.67. The number of ether oxygens (including phenoxy) is 1. The molecule has 0 bridgehead atoms. The summed E-state index contributed by atoms with van der Waals surface area (Å²) in [5.41, 5.74) is 31.5. The standard InChI is InChI=1S/C23H19NO2.C23H23N.C17H14BrNO2.C17H15NO2.C12H11F3O3S.C8H13NO3.C6H7BO3.CH4/c1-16-7-13-22-19(15-16)10-14-21(17-5-3-2-4-6-17)23(22)18-8-11-20(12-9-18)24(25)26;1-16-7-13-22-19(15-16)10-14-21(17-5-3-2-4-6-17)23(22)18-8-11-20(24)12-9-18;1-11-2-8-15-13(10-11)5-9-16(18)17(15)12-3-6-14(7-4-12)19(20)21;1-12-5-10-17-14(11-12)3-2-4-16(17)13-6-8-15(9-7-13)18(19)20;1-8-5-6-10-9(7-8)3-2-4-11(10)18-19(16,17)12(13,14)15;1-8(2,3)12-7(11)9-4-6(10)5-9;8-6-3-1-5(2-4-6)7(9)10;/h2-9,11-13,15H,10,14H2,1H3;2-9,11-13,15,21,23H,10,14,24H2,1H3;2-4,6-8,10H,5,9H2,1H3;4-11H,2-3H2,1H3;4-7H,2-3H2,1H3;4-5H2,1-3H3;1-4,8-10H;1H4/t;21-,23+;;;;;;/m.1....../s1. The predicted molar refractivity (Wildman–Crippen MR) is 525 cm³/mol. The molecule has 5 aliphatic carbocycles. The maximum Gasteiger partial charge on any atom is 0.534 e. The first-order valence-electron chi connectivity index (χ1n) is 43.2. The Morgan fingerprint density at radius 1 is 0.496 bits per heavy atom. The molecule has 26 heteroatoms. The van der Waals surface area contributed by atoms with E-state index in [1.807, 2.05) is 67.6 Å². The second-order valence-corrected chi connectivity index (χ2v) is 36.5. The zero-order valence-electron chi connectivity index (χ0n) is 74.4. The molecule has 1 heterocycles. The normalized spacial score (nSPS) is 14.9. The fraction of sp³-hybridized carbons (Fsp3) is 0.234. The number of aryl methyl sites for hydroxylation is 10. The van der Waals surface area contributed by atoms with Crippen molar-refractivity contribution in [2.45, 2.75) is 150 Å². The van der Waals surface area contributed by atoms with Gasteiger partial charge < -0.3 is 29.8 Å². The van der Waals surface area contributed by atoms with Crippen molar-refractivity contribution in [3.63, 3.8) is 0 Å². The van der Waals surface area contributed by atoms with Gasteiger partial charge in [0.05, 0.1) is 27.9 Å². The third-order valence-corrected chi connectivity index (χ3v) is 24.8. The third-order valence-electron chi connectivity index (χ3n) is 23.1. The molecule has 0 saturated carbocycles. The van der Waals surface area contributed by atoms with Gasteiger partial charge >= 0.3 is 28.8 Å². The van der Waals surface area contributed by atoms with Gasteiger partial charge in [-0.1, -0.05) is 233 Å². The molecule has 5 N–H and O–H groups in total. The highest BCUT2D eigenvalue weighted by molar-refractivity contribution is 9.11. The second kappa shape index (κ2) is 44.5. The first kappa shape index (κ1) is 99.9. The highest BCUT2D eigenvalue weighted by Gasteiger charge is 2.49. The lowest BCUT2D eigenvalue weighted by Gasteiger charge is -2.35. The Balaban J connectivity index is 0.000000152. The van der Waals surface area contributed by atoms with Crippen LogP contribution in [-0.2, 0) is 55.9 Å². The van der Waals surface area contributed by atoms with Crippen molar-refractivity contribution in [3.05, 3.63) is 437 Å². The lowest BCUT2D eigenvalue weighted by atomic mass is 9.69. The number of hydrogen-bond donors (Lipinski definition) is 4. The minimum absolute atomic E-state index is 0. The number of alkyl halides is 3. The molecule has 1 amide bonds. The van der Waals surface area contributed by atoms with Crippen LogP contribution in [0.25, 0.3) is 28.1 Å². The van der Waals surface area contributed by atoms with Crippen LogP contribution in [-0.4, -0.2) is 86.4 Å². The second-order valence-electron chi connectivity index (χ2n) is 34.0. The molecule has 133 heavy (non-hydrogen) atoms. The average molecular weight is 1880 g/mol. The number of hydrogen-bond acceptors (Lipinski definition) is 16. The number of nitrogens with zero attached hydrogens (tertiary/aromatic N) is 4. The minimum Gasteiger partial charge on any atom is -0.508 e. The number of nitrogens with two attached hydrogens (primary N) is 1. The summed E-state index contributed by atoms with van der Waals surface area (Å²) in [5.74, 6) is 0.867. The molecule has 1 fully saturated rings. The van der Waals surface area contributed by atoms with E-state index in [0.29, 0.717) is 35.7 Å². The van der Waals surface area contributed by atoms with Crippen LogP contribution in [0.1, 0.15) is 189 Å². The van der Waals surface area contributed by atoms with Crippen molar-refractivity contribution in [2.24, 2.45) is 0 Å². The predicted octanol–water partition coefficient (Wildman–Crippen LogP) is 24.2. The molecular formula is C107H106BBrF3N5O15S. The number of benzene rings is 12. The van der Waals surface area contributed by atoms with E-state index < -0.39 is 34.4 Å². The number of allylic oxidation sites excluding steroid dienone is 4. The summed E-state index contributed by atoms with van der Waals surface area (Å²) in [5, 5.41) is 58.4. The van der Waals surface area contributed by atoms with E-state index in [9.17, 15) is 61.5 Å². The molecule has 12 aromatic rings. The van der Waals surface area contributed by atoms with E-state index in [4.69, 9.17) is 25.6 Å². The van der Waals surface area contributed by atoms with Gasteiger partial charge in [0.15, 0.2) is 5.78 Å². The lowest BCUT2D eigenvalue weighted by molar-refractivity contribution is -0.385. The fourth-order valence-electron chi connectivity index (χ4n) is 16.7. The topological polar surface area (TPSA) is 306 Å². The Bertz CT molecular complexity index is 6460. The van der Waals surface area contributed by atoms with Crippen LogP contribution >= 0.6 is 15.9 Å². The zero-order valence-corrected chi connectivity index (χ0v) is 76.8. The number of nitro groups is 3. The van der Waals surface area contributed by atoms with Crippen molar-refractivity contribution in [1.29, 1.82) is 0 Å². The molecule has 18 rings (SSSR count). The van der Waals surface area contributed by atoms with Crippen molar-refractivity contribution in [3.8, 4) is 5.75 Å². The molecule has 12 aromatic carbocycles. The van der Waals surface area contributed by atoms with Gasteiger partial charge in [-0.15, -0.1) is 0 Å². The summed E-state index contributed by atoms with van der Waals surface area (Å²) in [6, 6.07) is 87.5. The van der Waals surface area contributed by atoms with Crippen LogP contribution < -0.4 is 11.2 Å². The molecule has 2 atom stereocenters. The molecule has 0 unspecified atom stereocenters. The number of fused-ring (bicyclic) bond motifs is 5. The Morgan fingerprint density at radius 3 is 1.42 bits per heavy atom. The fourth-order valence-corrected chi connectivity index (χ4v) is 17.8. The van der Waals surface area contributed by atoms with Gasteiger partial charge in [-0.25, -0.2) is 4.79 Å². The van der Waals surface area contributed by atoms with Crippen molar-refractivity contribution >= 4 is 101 Å². The number of ketones is 1. The number of rotatable bonds is 12. The van der Waals surface area contributed by atoms with Gasteiger partial charge in [0, 0.05) is 58.0 Å². The van der Waals surface area contributed by atoms with E-state index >= 15 is 0 Å². The number of aromatic hydroxyl groups is 1. The van der Waals surface area contributed by atoms with Crippen LogP contribution in [0.2, 0.25) is 0 Å². The largest absolute Gasteiger partial charge is 0.534 e. The van der Waals surface area contributed by atoms with Crippen LogP contribution in [0.3, 0.4) is 0 Å². The molecule has 686 valence electrons. The summed E-state index contributed by atoms with van der Waals surface area (Å²) in [7, 11) is -7.08. The minimum atomic E-state index is -5.62. The van der Waals surface area contributed by atoms with Crippen LogP contribution in [0, 0.1) is 65.0 Å². The van der Waals surface area contributed by atoms with Crippen molar-refractivity contribution < 1.29 is 70.0 Å². The number of phenols is 1. The molecule has 1 aliphatic heterocycles. The van der Waals surface area contributed by atoms with Gasteiger partial charge in [-0.2, -0.15) is 21.6 Å². The highest BCUT2D eigenvalue weighted by Crippen LogP contribution is 2.48. The first-order valence-corrected chi connectivity index (χ1v) is 45.4. The van der Waals surface area contributed by atoms with Gasteiger partial charge in [-0.05, 0) is 303 Å². The van der Waals surface area contributed by atoms with E-state index in [0.717, 1.165) is 88.5 Å². The number of phenolic OH excluding ortho intramolecular Hbond substituents is 1. The number of amides is 1. The number of anilines is 1. The van der Waals surface area contributed by atoms with E-state index in [1.165, 1.54) is 142 Å². The van der Waals surface area contributed by atoms with Gasteiger partial charge in [0.2, 0.25) is 0 Å². The average Bonchev–Trinajstić information content (AvgIpc) is 0.763. The number of carbonyl (C=O) groups excluding carboxylic acids is 2. The van der Waals surface area contributed by atoms with Crippen LogP contribution in [0.15, 0.2) is 290 Å². The molecule has 1 saturated heterocycles. The Kier molecular flexibility index (Phi) is 33.4. The van der Waals surface area contributed by atoms with Gasteiger partial charge in [0.1, 0.15) is 17.1 Å². The maximum atomic E-state index is 12.3. The number of nitrogen functional groups attached to an aromatic ring is 1. The molecular weight excluding hydrogens is 1770 g/mol. The lowest BCUT2D eigenvalue weighted by Crippen LogP contribution is -2.52. The number of carbonyl (C=O) groups is 2. The van der Waals surface area contributed by atoms with E-state index in [1.54, 1.807) is 69.3 Å². The van der Waals surface area contributed by atoms with Crippen molar-refractivity contribution in [1.82, 2.24) is 4.90 Å². The summed E-state index contributed by atoms with van der Waals surface area (Å²) < 4.78 is 69.3. The molecule has 6 aliphatic rings. The first-order chi connectivity index (χ1) is 62.8. The summed E-state index contributed by atoms with van der Waals surface area (Å²) in [4.78, 5) is 54.5. The van der Waals surface area contributed by atoms with Gasteiger partial charge in [-0.3, -0.25) is 40.0 Å². The van der Waals surface area contributed by atoms with E-state index in [2.05, 4.69) is 193 Å². The SMILES string of the molecule is C.CC(C)(C)OC(=O)N1CC(=O)C1.Cc1ccc2c(c1)CCC(Br)=C2c1ccc([N+](=O)[O-])cc1.Cc1ccc2c(c1)CCC(c1ccccc1)=C2c1ccc([N+](=O)[O-])cc1.Cc1ccc2c(c1)CCC=C2OS(=O)(=O)C(F)(F)F.Cc1ccc2c(c1)CCC=C2c1ccc([N+](=O)[O-])cc1.Cc1ccc2c(c1)CC[C@H](c1ccccc1)[C@@H]2c1ccc(N)cc1.OB(O)c1ccc(O)cc1. The van der Waals surface area contributed by atoms with Crippen LogP contribution in [0.5, 0.6) is 5.75 Å². The number of nitro benzene ring substituents is 3. The molecule has 20 nitrogen and oxygen atoms in total. The number of halogens is 4. The Hall–Kier alpha value is -13.7. The van der Waals surface area contributed by atoms with Crippen molar-refractivity contribution in [2.75, 3.05) is 18.8 Å². The smallest absolute Gasteiger partial charge is 0.508 e. The molecule has 0 radical (unpaired) electrons. The quantitative estimate of drug-likeness (QED) is 0.0221. The Morgan fingerprint density at radius 2 is 0.932 bits per heavy atom. The number of Topliss-reactive ketones (excluding diaryl/α,β-unsaturated/α-hetero) is 1. The third kappa shape index (κ3) is 26.2. The van der Waals surface area contributed by atoms with E-state index in [-0.39, 0.29) is 69.6 Å². The Labute approximate surface area is 782 Å². The zero-order chi connectivity index (χ0) is 94.9. The number of non-ortho nitro benzene ring substituents is 3. The molecule has 0 spiro atoms. The summed E-state index contributed by atoms with van der Waals surface area (Å²) in [6.45, 7) is 16.1. The number of likely N-dealkylation sites (tertiary alicyclic amines) is 1. The van der Waals surface area contributed by atoms with Gasteiger partial charge in [0.25, 0.3) is 17.1 Å².